The topological polar surface area (TPSA) is 26.3 Å². The van der Waals surface area contributed by atoms with Crippen LogP contribution in [0, 0.1) is 5.92 Å². The van der Waals surface area contributed by atoms with E-state index in [0.717, 1.165) is 19.3 Å². The summed E-state index contributed by atoms with van der Waals surface area (Å²) >= 11 is 0. The quantitative estimate of drug-likeness (QED) is 0.0963. The van der Waals surface area contributed by atoms with Crippen LogP contribution in [0.4, 0.5) is 0 Å². The first-order valence-corrected chi connectivity index (χ1v) is 14.9. The fourth-order valence-corrected chi connectivity index (χ4v) is 4.49. The zero-order valence-corrected chi connectivity index (χ0v) is 22.6. The van der Waals surface area contributed by atoms with E-state index in [0.29, 0.717) is 6.61 Å². The Labute approximate surface area is 203 Å². The molecule has 0 radical (unpaired) electrons. The van der Waals surface area contributed by atoms with Crippen molar-refractivity contribution in [1.82, 2.24) is 0 Å². The van der Waals surface area contributed by atoms with Crippen molar-refractivity contribution in [2.75, 3.05) is 6.61 Å². The Bertz CT molecular complexity index is 366. The fourth-order valence-electron chi connectivity index (χ4n) is 4.49. The molecule has 0 spiro atoms. The summed E-state index contributed by atoms with van der Waals surface area (Å²) < 4.78 is 5.47. The lowest BCUT2D eigenvalue weighted by Crippen LogP contribution is -2.15. The van der Waals surface area contributed by atoms with Crippen molar-refractivity contribution in [1.29, 1.82) is 0 Å². The Kier molecular flexibility index (Phi) is 26.3. The van der Waals surface area contributed by atoms with Gasteiger partial charge in [-0.2, -0.15) is 0 Å². The molecule has 0 amide bonds. The standard InChI is InChI=1S/C30H60O2/c1-4-6-8-10-11-12-13-14-15-16-17-18-19-20-21-22-24-26-28-32-30(31)29(3)27-25-23-9-7-5-2/h29H,4-28H2,1-3H3/t29-/m0/s1. The van der Waals surface area contributed by atoms with Crippen LogP contribution in [0.25, 0.3) is 0 Å². The van der Waals surface area contributed by atoms with Crippen LogP contribution in [-0.4, -0.2) is 12.6 Å². The predicted octanol–water partition coefficient (Wildman–Crippen LogP) is 10.6. The molecule has 0 N–H and O–H groups in total. The first-order chi connectivity index (χ1) is 15.7. The lowest BCUT2D eigenvalue weighted by Gasteiger charge is -2.11. The number of carbonyl (C=O) groups excluding carboxylic acids is 1. The van der Waals surface area contributed by atoms with E-state index in [1.165, 1.54) is 135 Å². The summed E-state index contributed by atoms with van der Waals surface area (Å²) in [6.45, 7) is 7.18. The lowest BCUT2D eigenvalue weighted by atomic mass is 10.0. The molecule has 1 atom stereocenters. The van der Waals surface area contributed by atoms with Crippen molar-refractivity contribution in [3.05, 3.63) is 0 Å². The second kappa shape index (κ2) is 26.7. The molecule has 2 nitrogen and oxygen atoms in total. The molecule has 0 fully saturated rings. The van der Waals surface area contributed by atoms with Crippen molar-refractivity contribution in [2.24, 2.45) is 5.92 Å². The van der Waals surface area contributed by atoms with E-state index >= 15 is 0 Å². The third-order valence-corrected chi connectivity index (χ3v) is 6.89. The highest BCUT2D eigenvalue weighted by Gasteiger charge is 2.13. The Morgan fingerprint density at radius 1 is 0.500 bits per heavy atom. The maximum absolute atomic E-state index is 12.0. The highest BCUT2D eigenvalue weighted by molar-refractivity contribution is 5.71. The molecular formula is C30H60O2. The van der Waals surface area contributed by atoms with E-state index in [4.69, 9.17) is 4.74 Å². The summed E-state index contributed by atoms with van der Waals surface area (Å²) in [5, 5.41) is 0. The van der Waals surface area contributed by atoms with Crippen LogP contribution < -0.4 is 0 Å². The summed E-state index contributed by atoms with van der Waals surface area (Å²) in [5.41, 5.74) is 0. The van der Waals surface area contributed by atoms with Crippen molar-refractivity contribution in [2.45, 2.75) is 175 Å². The van der Waals surface area contributed by atoms with Gasteiger partial charge in [0, 0.05) is 0 Å². The van der Waals surface area contributed by atoms with E-state index < -0.39 is 0 Å². The molecule has 0 rings (SSSR count). The number of hydrogen-bond acceptors (Lipinski definition) is 2. The summed E-state index contributed by atoms with van der Waals surface area (Å²) in [4.78, 5) is 12.0. The molecule has 0 aliphatic heterocycles. The molecular weight excluding hydrogens is 392 g/mol. The van der Waals surface area contributed by atoms with Gasteiger partial charge in [0.1, 0.15) is 0 Å². The van der Waals surface area contributed by atoms with Crippen LogP contribution in [0.2, 0.25) is 0 Å². The summed E-state index contributed by atoms with van der Waals surface area (Å²) in [6, 6.07) is 0. The first-order valence-electron chi connectivity index (χ1n) is 14.9. The van der Waals surface area contributed by atoms with E-state index in [9.17, 15) is 4.79 Å². The van der Waals surface area contributed by atoms with Crippen LogP contribution in [0.15, 0.2) is 0 Å². The third kappa shape index (κ3) is 24.1. The van der Waals surface area contributed by atoms with Gasteiger partial charge in [-0.25, -0.2) is 0 Å². The molecule has 32 heavy (non-hydrogen) atoms. The van der Waals surface area contributed by atoms with Crippen molar-refractivity contribution >= 4 is 5.97 Å². The van der Waals surface area contributed by atoms with Gasteiger partial charge in [-0.05, 0) is 12.8 Å². The minimum Gasteiger partial charge on any atom is -0.465 e. The normalized spacial score (nSPS) is 12.2. The van der Waals surface area contributed by atoms with Gasteiger partial charge in [0.15, 0.2) is 0 Å². The monoisotopic (exact) mass is 452 g/mol. The SMILES string of the molecule is CCCCCCCCCCCCCCCCCCCCOC(=O)[C@@H](C)CCCCCCC. The van der Waals surface area contributed by atoms with E-state index in [2.05, 4.69) is 13.8 Å². The molecule has 0 aromatic carbocycles. The Hall–Kier alpha value is -0.530. The Morgan fingerprint density at radius 2 is 0.812 bits per heavy atom. The zero-order chi connectivity index (χ0) is 23.5. The second-order valence-corrected chi connectivity index (χ2v) is 10.3. The molecule has 2 heteroatoms. The predicted molar refractivity (Wildman–Crippen MR) is 142 cm³/mol. The van der Waals surface area contributed by atoms with Gasteiger partial charge in [-0.15, -0.1) is 0 Å². The van der Waals surface area contributed by atoms with Gasteiger partial charge < -0.3 is 4.74 Å². The number of ether oxygens (including phenoxy) is 1. The molecule has 192 valence electrons. The van der Waals surface area contributed by atoms with Crippen LogP contribution in [0.1, 0.15) is 175 Å². The second-order valence-electron chi connectivity index (χ2n) is 10.3. The summed E-state index contributed by atoms with van der Waals surface area (Å²) in [5.74, 6) is 0.0969. The van der Waals surface area contributed by atoms with E-state index in [1.807, 2.05) is 6.92 Å². The average molecular weight is 453 g/mol. The molecule has 0 bridgehead atoms. The minimum atomic E-state index is 0.0208. The van der Waals surface area contributed by atoms with E-state index in [-0.39, 0.29) is 11.9 Å². The highest BCUT2D eigenvalue weighted by Crippen LogP contribution is 2.15. The minimum absolute atomic E-state index is 0.0208. The van der Waals surface area contributed by atoms with Gasteiger partial charge in [0.25, 0.3) is 0 Å². The lowest BCUT2D eigenvalue weighted by molar-refractivity contribution is -0.148. The van der Waals surface area contributed by atoms with Crippen LogP contribution in [0.3, 0.4) is 0 Å². The van der Waals surface area contributed by atoms with Gasteiger partial charge in [-0.1, -0.05) is 162 Å². The maximum atomic E-state index is 12.0. The Balaban J connectivity index is 3.20. The largest absolute Gasteiger partial charge is 0.465 e. The Morgan fingerprint density at radius 3 is 1.19 bits per heavy atom. The summed E-state index contributed by atoms with van der Waals surface area (Å²) in [7, 11) is 0. The molecule has 0 saturated carbocycles. The van der Waals surface area contributed by atoms with Crippen molar-refractivity contribution in [3.8, 4) is 0 Å². The number of unbranched alkanes of at least 4 members (excludes halogenated alkanes) is 21. The van der Waals surface area contributed by atoms with Crippen molar-refractivity contribution in [3.63, 3.8) is 0 Å². The third-order valence-electron chi connectivity index (χ3n) is 6.89. The number of carbonyl (C=O) groups is 1. The van der Waals surface area contributed by atoms with Gasteiger partial charge in [0.2, 0.25) is 0 Å². The van der Waals surface area contributed by atoms with Gasteiger partial charge >= 0.3 is 5.97 Å². The van der Waals surface area contributed by atoms with Gasteiger partial charge in [-0.3, -0.25) is 4.79 Å². The first kappa shape index (κ1) is 31.5. The van der Waals surface area contributed by atoms with Crippen molar-refractivity contribution < 1.29 is 9.53 Å². The fraction of sp³-hybridized carbons (Fsp3) is 0.967. The highest BCUT2D eigenvalue weighted by atomic mass is 16.5. The number of esters is 1. The zero-order valence-electron chi connectivity index (χ0n) is 22.6. The molecule has 0 heterocycles. The van der Waals surface area contributed by atoms with Crippen LogP contribution in [-0.2, 0) is 9.53 Å². The smallest absolute Gasteiger partial charge is 0.308 e. The summed E-state index contributed by atoms with van der Waals surface area (Å²) in [6.07, 6.45) is 32.2. The molecule has 0 aromatic rings. The maximum Gasteiger partial charge on any atom is 0.308 e. The van der Waals surface area contributed by atoms with E-state index in [1.54, 1.807) is 0 Å². The van der Waals surface area contributed by atoms with Gasteiger partial charge in [0.05, 0.1) is 12.5 Å². The molecule has 0 aliphatic rings. The molecule has 0 saturated heterocycles. The van der Waals surface area contributed by atoms with Crippen LogP contribution >= 0.6 is 0 Å². The number of rotatable bonds is 26. The van der Waals surface area contributed by atoms with Crippen LogP contribution in [0.5, 0.6) is 0 Å². The molecule has 0 aliphatic carbocycles. The molecule has 0 unspecified atom stereocenters. The average Bonchev–Trinajstić information content (AvgIpc) is 2.80. The number of hydrogen-bond donors (Lipinski definition) is 0. The molecule has 0 aromatic heterocycles.